The normalized spacial score (nSPS) is 19.3. The number of aliphatic carboxylic acids is 1. The Hall–Kier alpha value is -5.92. The molecule has 1 N–H and O–H groups in total. The van der Waals surface area contributed by atoms with E-state index in [1.165, 1.54) is 55.6 Å². The number of carboxylic acid groups (broad SMARTS) is 1. The molecule has 0 spiro atoms. The quantitative estimate of drug-likeness (QED) is 0.147. The van der Waals surface area contributed by atoms with Crippen LogP contribution in [0, 0.1) is 17.2 Å². The Morgan fingerprint density at radius 1 is 0.660 bits per heavy atom. The number of carboxylic acids is 1. The second kappa shape index (κ2) is 12.1. The monoisotopic (exact) mass is 690 g/mol. The third-order valence-corrected chi connectivity index (χ3v) is 12.5. The van der Waals surface area contributed by atoms with Crippen molar-refractivity contribution in [3.8, 4) is 28.3 Å². The van der Waals surface area contributed by atoms with Crippen molar-refractivity contribution in [1.82, 2.24) is 0 Å². The predicted molar refractivity (Wildman–Crippen MR) is 215 cm³/mol. The second-order valence-electron chi connectivity index (χ2n) is 16.1. The number of hydrogen-bond acceptors (Lipinski definition) is 3. The second-order valence-corrected chi connectivity index (χ2v) is 16.1. The van der Waals surface area contributed by atoms with Gasteiger partial charge in [0.1, 0.15) is 11.6 Å². The summed E-state index contributed by atoms with van der Waals surface area (Å²) in [5.41, 5.74) is 17.8. The Balaban J connectivity index is 1.14. The highest BCUT2D eigenvalue weighted by Crippen LogP contribution is 2.53. The van der Waals surface area contributed by atoms with E-state index >= 15 is 0 Å². The number of nitriles is 1. The largest absolute Gasteiger partial charge is 0.477 e. The molecule has 4 heteroatoms. The van der Waals surface area contributed by atoms with Crippen LogP contribution in [0.25, 0.3) is 27.8 Å². The van der Waals surface area contributed by atoms with Crippen LogP contribution in [-0.2, 0) is 15.6 Å². The van der Waals surface area contributed by atoms with Gasteiger partial charge in [-0.15, -0.1) is 0 Å². The van der Waals surface area contributed by atoms with Crippen LogP contribution in [0.1, 0.15) is 81.2 Å². The number of rotatable bonds is 5. The Morgan fingerprint density at radius 3 is 1.72 bits per heavy atom. The molecule has 0 heterocycles. The summed E-state index contributed by atoms with van der Waals surface area (Å²) >= 11 is 0. The van der Waals surface area contributed by atoms with Gasteiger partial charge in [-0.25, -0.2) is 4.79 Å². The molecule has 4 nitrogen and oxygen atoms in total. The van der Waals surface area contributed by atoms with Gasteiger partial charge in [0.25, 0.3) is 0 Å². The molecule has 0 amide bonds. The fourth-order valence-electron chi connectivity index (χ4n) is 9.58. The van der Waals surface area contributed by atoms with Gasteiger partial charge < -0.3 is 10.0 Å². The van der Waals surface area contributed by atoms with Gasteiger partial charge in [-0.3, -0.25) is 0 Å². The average Bonchev–Trinajstić information content (AvgIpc) is 3.54. The molecule has 0 bridgehead atoms. The predicted octanol–water partition coefficient (Wildman–Crippen LogP) is 12.2. The van der Waals surface area contributed by atoms with Crippen LogP contribution >= 0.6 is 0 Å². The average molecular weight is 691 g/mol. The molecule has 260 valence electrons. The smallest absolute Gasteiger partial charge is 0.346 e. The van der Waals surface area contributed by atoms with Crippen molar-refractivity contribution in [2.45, 2.75) is 64.2 Å². The Kier molecular flexibility index (Phi) is 7.50. The minimum absolute atomic E-state index is 0.119. The molecule has 5 aromatic rings. The molecule has 5 aromatic carbocycles. The van der Waals surface area contributed by atoms with Gasteiger partial charge in [0, 0.05) is 27.9 Å². The van der Waals surface area contributed by atoms with Crippen molar-refractivity contribution in [3.63, 3.8) is 0 Å². The lowest BCUT2D eigenvalue weighted by molar-refractivity contribution is -0.132. The van der Waals surface area contributed by atoms with Crippen molar-refractivity contribution >= 4 is 28.6 Å². The summed E-state index contributed by atoms with van der Waals surface area (Å²) in [5.74, 6) is -0.748. The molecule has 0 radical (unpaired) electrons. The van der Waals surface area contributed by atoms with Crippen LogP contribution in [0.4, 0.5) is 17.1 Å². The molecule has 0 aromatic heterocycles. The van der Waals surface area contributed by atoms with E-state index in [1.807, 2.05) is 12.1 Å². The van der Waals surface area contributed by atoms with E-state index in [-0.39, 0.29) is 16.4 Å². The van der Waals surface area contributed by atoms with Crippen LogP contribution in [-0.4, -0.2) is 11.1 Å². The zero-order valence-electron chi connectivity index (χ0n) is 30.7. The summed E-state index contributed by atoms with van der Waals surface area (Å²) in [6, 6.07) is 42.4. The van der Waals surface area contributed by atoms with E-state index in [9.17, 15) is 15.2 Å². The summed E-state index contributed by atoms with van der Waals surface area (Å²) in [7, 11) is 0. The number of benzene rings is 5. The van der Waals surface area contributed by atoms with E-state index in [2.05, 4.69) is 148 Å². The molecule has 9 rings (SSSR count). The number of hydrogen-bond donors (Lipinski definition) is 1. The van der Waals surface area contributed by atoms with Crippen LogP contribution in [0.2, 0.25) is 0 Å². The van der Waals surface area contributed by atoms with Crippen LogP contribution in [0.5, 0.6) is 0 Å². The Bertz CT molecular complexity index is 2400. The minimum Gasteiger partial charge on any atom is -0.477 e. The molecule has 0 fully saturated rings. The summed E-state index contributed by atoms with van der Waals surface area (Å²) in [6.45, 7) is 9.34. The Labute approximate surface area is 312 Å². The Morgan fingerprint density at radius 2 is 1.17 bits per heavy atom. The number of carbonyl (C=O) groups is 1. The van der Waals surface area contributed by atoms with Crippen molar-refractivity contribution in [3.05, 3.63) is 166 Å². The maximum Gasteiger partial charge on any atom is 0.346 e. The van der Waals surface area contributed by atoms with Crippen molar-refractivity contribution in [1.29, 1.82) is 5.26 Å². The van der Waals surface area contributed by atoms with Crippen LogP contribution in [0.15, 0.2) is 138 Å². The van der Waals surface area contributed by atoms with E-state index < -0.39 is 5.97 Å². The van der Waals surface area contributed by atoms with Crippen molar-refractivity contribution in [2.24, 2.45) is 5.92 Å². The highest BCUT2D eigenvalue weighted by Gasteiger charge is 2.38. The summed E-state index contributed by atoms with van der Waals surface area (Å²) in [6.07, 6.45) is 7.69. The first-order valence-corrected chi connectivity index (χ1v) is 18.7. The number of fused-ring (bicyclic) bond motifs is 7. The third kappa shape index (κ3) is 5.13. The first kappa shape index (κ1) is 33.0. The fourth-order valence-corrected chi connectivity index (χ4v) is 9.58. The summed E-state index contributed by atoms with van der Waals surface area (Å²) in [4.78, 5) is 14.1. The molecule has 53 heavy (non-hydrogen) atoms. The van der Waals surface area contributed by atoms with Crippen LogP contribution < -0.4 is 4.90 Å². The molecule has 1 atom stereocenters. The maximum absolute atomic E-state index is 11.7. The molecule has 4 aliphatic rings. The lowest BCUT2D eigenvalue weighted by Gasteiger charge is -2.30. The zero-order chi connectivity index (χ0) is 36.6. The molecular formula is C49H42N2O2. The van der Waals surface area contributed by atoms with Gasteiger partial charge in [0.15, 0.2) is 0 Å². The number of allylic oxidation sites excluding steroid dienone is 5. The molecule has 0 saturated carbocycles. The van der Waals surface area contributed by atoms with Gasteiger partial charge in [-0.2, -0.15) is 5.26 Å². The number of anilines is 3. The third-order valence-electron chi connectivity index (χ3n) is 12.5. The molecule has 0 aliphatic heterocycles. The van der Waals surface area contributed by atoms with E-state index in [0.29, 0.717) is 17.9 Å². The zero-order valence-corrected chi connectivity index (χ0v) is 30.7. The highest BCUT2D eigenvalue weighted by molar-refractivity contribution is 5.93. The molecular weight excluding hydrogens is 649 g/mol. The van der Waals surface area contributed by atoms with Gasteiger partial charge >= 0.3 is 5.97 Å². The van der Waals surface area contributed by atoms with Gasteiger partial charge in [-0.05, 0) is 135 Å². The first-order valence-electron chi connectivity index (χ1n) is 18.7. The molecule has 0 saturated heterocycles. The molecule has 1 unspecified atom stereocenters. The maximum atomic E-state index is 11.7. The summed E-state index contributed by atoms with van der Waals surface area (Å²) < 4.78 is 0. The topological polar surface area (TPSA) is 64.3 Å². The lowest BCUT2D eigenvalue weighted by Crippen LogP contribution is -2.18. The summed E-state index contributed by atoms with van der Waals surface area (Å²) in [5, 5.41) is 19.1. The minimum atomic E-state index is -1.15. The van der Waals surface area contributed by atoms with E-state index in [4.69, 9.17) is 0 Å². The van der Waals surface area contributed by atoms with Gasteiger partial charge in [0.05, 0.1) is 0 Å². The van der Waals surface area contributed by atoms with Crippen LogP contribution in [0.3, 0.4) is 0 Å². The standard InChI is InChI=1S/C49H42N2O2/c1-48(2)43-11-7-5-9-38(43)40-23-21-36(27-45(40)48)51(37-22-24-41-39-10-6-8-12-44(39)49(3,4)46(41)28-37)35-19-17-30(18-20-35)32-15-13-31-14-16-33(26-34(31)25-32)42(29-50)47(52)53/h5-12,17-28,31H,13-16H2,1-4H3,(H,52,53)/b42-33+. The van der Waals surface area contributed by atoms with E-state index in [1.54, 1.807) is 0 Å². The fraction of sp³-hybridized carbons (Fsp3) is 0.224. The van der Waals surface area contributed by atoms with Gasteiger partial charge in [-0.1, -0.05) is 113 Å². The number of nitrogens with zero attached hydrogens (tertiary/aromatic N) is 2. The highest BCUT2D eigenvalue weighted by atomic mass is 16.4. The van der Waals surface area contributed by atoms with E-state index in [0.717, 1.165) is 41.9 Å². The van der Waals surface area contributed by atoms with Crippen molar-refractivity contribution < 1.29 is 9.90 Å². The van der Waals surface area contributed by atoms with Crippen molar-refractivity contribution in [2.75, 3.05) is 4.90 Å². The van der Waals surface area contributed by atoms with Gasteiger partial charge in [0.2, 0.25) is 0 Å². The SMILES string of the molecule is CC1(C)c2ccccc2-c2ccc(N(c3ccc(C4=CC5=C/C(=C(\C#N)C(=O)O)CCC5CC4)cc3)c3ccc4c(c3)C(C)(C)c3ccccc3-4)cc21. The molecule has 4 aliphatic carbocycles. The first-order chi connectivity index (χ1) is 25.6. The lowest BCUT2D eigenvalue weighted by atomic mass is 9.75.